The van der Waals surface area contributed by atoms with Crippen LogP contribution in [0.15, 0.2) is 24.4 Å². The van der Waals surface area contributed by atoms with E-state index in [1.54, 1.807) is 12.1 Å². The van der Waals surface area contributed by atoms with Gasteiger partial charge in [0.05, 0.1) is 12.7 Å². The highest BCUT2D eigenvalue weighted by atomic mass is 19.1. The highest BCUT2D eigenvalue weighted by molar-refractivity contribution is 5.98. The average molecular weight is 374 g/mol. The van der Waals surface area contributed by atoms with Crippen LogP contribution in [0, 0.1) is 5.82 Å². The van der Waals surface area contributed by atoms with Gasteiger partial charge in [-0.3, -0.25) is 4.79 Å². The number of rotatable bonds is 6. The first-order valence-corrected chi connectivity index (χ1v) is 8.77. The summed E-state index contributed by atoms with van der Waals surface area (Å²) in [5.74, 6) is -0.880. The summed E-state index contributed by atoms with van der Waals surface area (Å²) in [6, 6.07) is 4.22. The number of aromatic nitrogens is 2. The van der Waals surface area contributed by atoms with E-state index in [9.17, 15) is 9.18 Å². The van der Waals surface area contributed by atoms with E-state index in [2.05, 4.69) is 20.6 Å². The number of carbonyl (C=O) groups is 1. The molecule has 1 amide bonds. The zero-order valence-electron chi connectivity index (χ0n) is 15.0. The van der Waals surface area contributed by atoms with Gasteiger partial charge in [-0.05, 0) is 25.0 Å². The minimum absolute atomic E-state index is 0.0332. The maximum Gasteiger partial charge on any atom is 0.252 e. The van der Waals surface area contributed by atoms with Crippen molar-refractivity contribution in [1.29, 1.82) is 0 Å². The molecular formula is C18H23FN6O2. The number of halogens is 1. The monoisotopic (exact) mass is 374 g/mol. The second-order valence-corrected chi connectivity index (χ2v) is 6.49. The van der Waals surface area contributed by atoms with Crippen molar-refractivity contribution in [2.45, 2.75) is 37.8 Å². The summed E-state index contributed by atoms with van der Waals surface area (Å²) in [5, 5.41) is 6.05. The standard InChI is InChI=1S/C18H23FN6O2/c1-27-15-8-10(6-7-22-15)23-17-11(16(21)26)9-12(19)18(25-17)24-14-5-3-2-4-13(14)20/h6-9,13-14H,2-5,20H2,1H3,(H2,21,26)(H2,22,23,24,25)/t13-,14?/m0/s1. The fourth-order valence-electron chi connectivity index (χ4n) is 3.12. The van der Waals surface area contributed by atoms with E-state index in [0.29, 0.717) is 11.6 Å². The maximum atomic E-state index is 14.5. The predicted octanol–water partition coefficient (Wildman–Crippen LogP) is 2.15. The van der Waals surface area contributed by atoms with Crippen LogP contribution in [0.3, 0.4) is 0 Å². The number of primary amides is 1. The Bertz CT molecular complexity index is 831. The molecule has 0 saturated heterocycles. The molecule has 1 fully saturated rings. The SMILES string of the molecule is COc1cc(Nc2nc(NC3CCCC[C@@H]3N)c(F)cc2C(N)=O)ccn1. The molecule has 8 nitrogen and oxygen atoms in total. The fraction of sp³-hybridized carbons (Fsp3) is 0.389. The van der Waals surface area contributed by atoms with Crippen molar-refractivity contribution in [2.75, 3.05) is 17.7 Å². The van der Waals surface area contributed by atoms with E-state index in [4.69, 9.17) is 16.2 Å². The van der Waals surface area contributed by atoms with E-state index in [-0.39, 0.29) is 29.3 Å². The van der Waals surface area contributed by atoms with Gasteiger partial charge in [0.1, 0.15) is 5.82 Å². The Kier molecular flexibility index (Phi) is 5.70. The quantitative estimate of drug-likeness (QED) is 0.610. The second-order valence-electron chi connectivity index (χ2n) is 6.49. The number of amides is 1. The number of methoxy groups -OCH3 is 1. The van der Waals surface area contributed by atoms with Gasteiger partial charge < -0.3 is 26.8 Å². The molecular weight excluding hydrogens is 351 g/mol. The average Bonchev–Trinajstić information content (AvgIpc) is 2.66. The molecule has 0 aliphatic heterocycles. The molecule has 1 aliphatic rings. The molecule has 1 aliphatic carbocycles. The third-order valence-electron chi connectivity index (χ3n) is 4.59. The van der Waals surface area contributed by atoms with Crippen LogP contribution in [0.5, 0.6) is 5.88 Å². The van der Waals surface area contributed by atoms with Gasteiger partial charge in [-0.25, -0.2) is 14.4 Å². The van der Waals surface area contributed by atoms with Crippen LogP contribution in [0.1, 0.15) is 36.0 Å². The van der Waals surface area contributed by atoms with Gasteiger partial charge in [-0.1, -0.05) is 12.8 Å². The molecule has 2 heterocycles. The van der Waals surface area contributed by atoms with Gasteiger partial charge in [0.15, 0.2) is 11.6 Å². The fourth-order valence-corrected chi connectivity index (χ4v) is 3.12. The number of carbonyl (C=O) groups excluding carboxylic acids is 1. The number of nitrogens with one attached hydrogen (secondary N) is 2. The maximum absolute atomic E-state index is 14.5. The highest BCUT2D eigenvalue weighted by Gasteiger charge is 2.24. The number of nitrogens with zero attached hydrogens (tertiary/aromatic N) is 2. The number of hydrogen-bond donors (Lipinski definition) is 4. The molecule has 9 heteroatoms. The number of ether oxygens (including phenoxy) is 1. The first-order chi connectivity index (χ1) is 13.0. The molecule has 0 bridgehead atoms. The van der Waals surface area contributed by atoms with Gasteiger partial charge in [-0.2, -0.15) is 0 Å². The molecule has 1 unspecified atom stereocenters. The Hall–Kier alpha value is -2.94. The minimum Gasteiger partial charge on any atom is -0.481 e. The van der Waals surface area contributed by atoms with Crippen molar-refractivity contribution in [3.05, 3.63) is 35.8 Å². The largest absolute Gasteiger partial charge is 0.481 e. The van der Waals surface area contributed by atoms with Crippen molar-refractivity contribution in [3.63, 3.8) is 0 Å². The van der Waals surface area contributed by atoms with Crippen molar-refractivity contribution in [1.82, 2.24) is 9.97 Å². The Morgan fingerprint density at radius 1 is 1.30 bits per heavy atom. The summed E-state index contributed by atoms with van der Waals surface area (Å²) in [5.41, 5.74) is 12.0. The van der Waals surface area contributed by atoms with Crippen molar-refractivity contribution in [3.8, 4) is 5.88 Å². The topological polar surface area (TPSA) is 128 Å². The zero-order valence-corrected chi connectivity index (χ0v) is 15.0. The number of hydrogen-bond acceptors (Lipinski definition) is 7. The number of pyridine rings is 2. The summed E-state index contributed by atoms with van der Waals surface area (Å²) < 4.78 is 19.6. The van der Waals surface area contributed by atoms with Crippen LogP contribution in [0.25, 0.3) is 0 Å². The van der Waals surface area contributed by atoms with Gasteiger partial charge >= 0.3 is 0 Å². The first-order valence-electron chi connectivity index (χ1n) is 8.77. The lowest BCUT2D eigenvalue weighted by Gasteiger charge is -2.30. The summed E-state index contributed by atoms with van der Waals surface area (Å²) in [6.07, 6.45) is 5.33. The van der Waals surface area contributed by atoms with Crippen LogP contribution >= 0.6 is 0 Å². The Balaban J connectivity index is 1.91. The molecule has 0 aromatic carbocycles. The van der Waals surface area contributed by atoms with Gasteiger partial charge in [-0.15, -0.1) is 0 Å². The van der Waals surface area contributed by atoms with Crippen molar-refractivity contribution in [2.24, 2.45) is 11.5 Å². The van der Waals surface area contributed by atoms with Gasteiger partial charge in [0.2, 0.25) is 5.88 Å². The van der Waals surface area contributed by atoms with E-state index in [0.717, 1.165) is 31.7 Å². The van der Waals surface area contributed by atoms with Crippen LogP contribution < -0.4 is 26.8 Å². The van der Waals surface area contributed by atoms with Gasteiger partial charge in [0, 0.05) is 30.0 Å². The predicted molar refractivity (Wildman–Crippen MR) is 101 cm³/mol. The summed E-state index contributed by atoms with van der Waals surface area (Å²) in [4.78, 5) is 20.0. The lowest BCUT2D eigenvalue weighted by molar-refractivity contribution is 0.100. The molecule has 0 radical (unpaired) electrons. The van der Waals surface area contributed by atoms with Gasteiger partial charge in [0.25, 0.3) is 5.91 Å². The second kappa shape index (κ2) is 8.17. The lowest BCUT2D eigenvalue weighted by Crippen LogP contribution is -2.43. The molecule has 2 aromatic rings. The Morgan fingerprint density at radius 2 is 2.07 bits per heavy atom. The summed E-state index contributed by atoms with van der Waals surface area (Å²) in [6.45, 7) is 0. The van der Waals surface area contributed by atoms with Crippen LogP contribution in [-0.4, -0.2) is 35.1 Å². The van der Waals surface area contributed by atoms with Crippen molar-refractivity contribution < 1.29 is 13.9 Å². The number of anilines is 3. The first kappa shape index (κ1) is 18.8. The van der Waals surface area contributed by atoms with Crippen molar-refractivity contribution >= 4 is 23.2 Å². The molecule has 27 heavy (non-hydrogen) atoms. The molecule has 144 valence electrons. The Labute approximate surface area is 156 Å². The third kappa shape index (κ3) is 4.43. The smallest absolute Gasteiger partial charge is 0.252 e. The Morgan fingerprint density at radius 3 is 2.78 bits per heavy atom. The summed E-state index contributed by atoms with van der Waals surface area (Å²) in [7, 11) is 1.49. The highest BCUT2D eigenvalue weighted by Crippen LogP contribution is 2.27. The van der Waals surface area contributed by atoms with Crippen LogP contribution in [0.2, 0.25) is 0 Å². The third-order valence-corrected chi connectivity index (χ3v) is 4.59. The normalized spacial score (nSPS) is 19.4. The van der Waals surface area contributed by atoms with Crippen LogP contribution in [-0.2, 0) is 0 Å². The van der Waals surface area contributed by atoms with E-state index < -0.39 is 11.7 Å². The molecule has 6 N–H and O–H groups in total. The molecule has 2 aromatic heterocycles. The minimum atomic E-state index is -0.786. The van der Waals surface area contributed by atoms with Crippen LogP contribution in [0.4, 0.5) is 21.7 Å². The van der Waals surface area contributed by atoms with E-state index in [1.165, 1.54) is 13.3 Å². The summed E-state index contributed by atoms with van der Waals surface area (Å²) >= 11 is 0. The molecule has 3 rings (SSSR count). The lowest BCUT2D eigenvalue weighted by atomic mass is 9.91. The molecule has 2 atom stereocenters. The van der Waals surface area contributed by atoms with E-state index in [1.807, 2.05) is 0 Å². The zero-order chi connectivity index (χ0) is 19.4. The number of nitrogens with two attached hydrogens (primary N) is 2. The molecule has 1 saturated carbocycles. The van der Waals surface area contributed by atoms with E-state index >= 15 is 0 Å². The molecule has 0 spiro atoms.